The molecule has 1 aliphatic rings. The molecule has 0 aliphatic heterocycles. The molecule has 0 aromatic carbocycles. The summed E-state index contributed by atoms with van der Waals surface area (Å²) in [6.07, 6.45) is 6.15. The molecule has 1 aromatic heterocycles. The summed E-state index contributed by atoms with van der Waals surface area (Å²) in [6.45, 7) is 5.93. The number of hydrogen-bond acceptors (Lipinski definition) is 4. The van der Waals surface area contributed by atoms with E-state index in [1.54, 1.807) is 12.4 Å². The van der Waals surface area contributed by atoms with E-state index in [0.29, 0.717) is 12.6 Å². The third-order valence-electron chi connectivity index (χ3n) is 2.99. The van der Waals surface area contributed by atoms with E-state index in [2.05, 4.69) is 28.7 Å². The van der Waals surface area contributed by atoms with Crippen molar-refractivity contribution in [1.82, 2.24) is 9.97 Å². The SMILES string of the molecule is CC(C)N(CC1CC1)c1nccnc1CN. The number of anilines is 1. The van der Waals surface area contributed by atoms with E-state index in [9.17, 15) is 0 Å². The van der Waals surface area contributed by atoms with Crippen LogP contribution in [0.5, 0.6) is 0 Å². The average Bonchev–Trinajstić information content (AvgIpc) is 3.09. The highest BCUT2D eigenvalue weighted by atomic mass is 15.2. The van der Waals surface area contributed by atoms with Crippen LogP contribution in [0, 0.1) is 5.92 Å². The maximum Gasteiger partial charge on any atom is 0.151 e. The first-order valence-corrected chi connectivity index (χ1v) is 5.99. The van der Waals surface area contributed by atoms with Crippen molar-refractivity contribution in [3.63, 3.8) is 0 Å². The highest BCUT2D eigenvalue weighted by molar-refractivity contribution is 5.44. The first-order chi connectivity index (χ1) is 7.72. The third-order valence-corrected chi connectivity index (χ3v) is 2.99. The fourth-order valence-corrected chi connectivity index (χ4v) is 1.86. The van der Waals surface area contributed by atoms with Crippen molar-refractivity contribution in [1.29, 1.82) is 0 Å². The zero-order valence-electron chi connectivity index (χ0n) is 10.1. The lowest BCUT2D eigenvalue weighted by molar-refractivity contribution is 0.630. The van der Waals surface area contributed by atoms with Gasteiger partial charge in [-0.15, -0.1) is 0 Å². The number of rotatable bonds is 5. The molecule has 0 radical (unpaired) electrons. The summed E-state index contributed by atoms with van der Waals surface area (Å²) >= 11 is 0. The molecule has 1 aliphatic carbocycles. The average molecular weight is 220 g/mol. The third kappa shape index (κ3) is 2.50. The van der Waals surface area contributed by atoms with E-state index in [4.69, 9.17) is 5.73 Å². The Kier molecular flexibility index (Phi) is 3.39. The fourth-order valence-electron chi connectivity index (χ4n) is 1.86. The Morgan fingerprint density at radius 2 is 2.06 bits per heavy atom. The Bertz CT molecular complexity index is 347. The molecule has 4 heteroatoms. The van der Waals surface area contributed by atoms with Crippen LogP contribution < -0.4 is 10.6 Å². The van der Waals surface area contributed by atoms with Gasteiger partial charge < -0.3 is 10.6 Å². The van der Waals surface area contributed by atoms with E-state index in [1.165, 1.54) is 12.8 Å². The van der Waals surface area contributed by atoms with Gasteiger partial charge in [0, 0.05) is 31.5 Å². The predicted octanol–water partition coefficient (Wildman–Crippen LogP) is 1.56. The van der Waals surface area contributed by atoms with E-state index < -0.39 is 0 Å². The summed E-state index contributed by atoms with van der Waals surface area (Å²) in [7, 11) is 0. The van der Waals surface area contributed by atoms with E-state index in [0.717, 1.165) is 24.0 Å². The molecule has 0 bridgehead atoms. The van der Waals surface area contributed by atoms with E-state index >= 15 is 0 Å². The summed E-state index contributed by atoms with van der Waals surface area (Å²) < 4.78 is 0. The van der Waals surface area contributed by atoms with Gasteiger partial charge in [0.15, 0.2) is 5.82 Å². The van der Waals surface area contributed by atoms with Gasteiger partial charge in [0.25, 0.3) is 0 Å². The van der Waals surface area contributed by atoms with E-state index in [-0.39, 0.29) is 0 Å². The summed E-state index contributed by atoms with van der Waals surface area (Å²) in [4.78, 5) is 11.1. The number of aromatic nitrogens is 2. The molecule has 1 heterocycles. The quantitative estimate of drug-likeness (QED) is 0.818. The second kappa shape index (κ2) is 4.78. The van der Waals surface area contributed by atoms with Crippen molar-refractivity contribution in [3.8, 4) is 0 Å². The van der Waals surface area contributed by atoms with Crippen LogP contribution >= 0.6 is 0 Å². The Labute approximate surface area is 96.9 Å². The maximum atomic E-state index is 5.71. The van der Waals surface area contributed by atoms with Crippen LogP contribution in [-0.2, 0) is 6.54 Å². The molecule has 0 amide bonds. The molecule has 88 valence electrons. The topological polar surface area (TPSA) is 55.0 Å². The van der Waals surface area contributed by atoms with Gasteiger partial charge in [-0.25, -0.2) is 4.98 Å². The van der Waals surface area contributed by atoms with Gasteiger partial charge in [-0.1, -0.05) is 0 Å². The monoisotopic (exact) mass is 220 g/mol. The lowest BCUT2D eigenvalue weighted by atomic mass is 10.2. The molecule has 0 spiro atoms. The molecule has 1 aromatic rings. The largest absolute Gasteiger partial charge is 0.352 e. The molecule has 1 saturated carbocycles. The van der Waals surface area contributed by atoms with Crippen molar-refractivity contribution in [2.24, 2.45) is 11.7 Å². The molecule has 0 unspecified atom stereocenters. The molecule has 0 saturated heterocycles. The van der Waals surface area contributed by atoms with Crippen molar-refractivity contribution in [3.05, 3.63) is 18.1 Å². The zero-order chi connectivity index (χ0) is 11.5. The van der Waals surface area contributed by atoms with Crippen molar-refractivity contribution < 1.29 is 0 Å². The minimum absolute atomic E-state index is 0.447. The lowest BCUT2D eigenvalue weighted by Crippen LogP contribution is -2.34. The molecule has 16 heavy (non-hydrogen) atoms. The minimum Gasteiger partial charge on any atom is -0.352 e. The van der Waals surface area contributed by atoms with Gasteiger partial charge in [-0.2, -0.15) is 0 Å². The van der Waals surface area contributed by atoms with Gasteiger partial charge in [0.1, 0.15) is 0 Å². The van der Waals surface area contributed by atoms with E-state index in [1.807, 2.05) is 0 Å². The molecule has 2 N–H and O–H groups in total. The van der Waals surface area contributed by atoms with Gasteiger partial charge in [-0.3, -0.25) is 4.98 Å². The molecule has 2 rings (SSSR count). The van der Waals surface area contributed by atoms with Crippen molar-refractivity contribution in [2.75, 3.05) is 11.4 Å². The van der Waals surface area contributed by atoms with Gasteiger partial charge in [0.2, 0.25) is 0 Å². The van der Waals surface area contributed by atoms with Gasteiger partial charge in [-0.05, 0) is 32.6 Å². The van der Waals surface area contributed by atoms with Crippen LogP contribution in [0.2, 0.25) is 0 Å². The van der Waals surface area contributed by atoms with Crippen LogP contribution in [0.25, 0.3) is 0 Å². The Balaban J connectivity index is 2.22. The lowest BCUT2D eigenvalue weighted by Gasteiger charge is -2.29. The van der Waals surface area contributed by atoms with Crippen molar-refractivity contribution in [2.45, 2.75) is 39.3 Å². The summed E-state index contributed by atoms with van der Waals surface area (Å²) in [5.74, 6) is 1.81. The highest BCUT2D eigenvalue weighted by Crippen LogP contribution is 2.32. The maximum absolute atomic E-state index is 5.71. The number of nitrogens with zero attached hydrogens (tertiary/aromatic N) is 3. The molecule has 1 fully saturated rings. The Morgan fingerprint density at radius 3 is 2.62 bits per heavy atom. The second-order valence-electron chi connectivity index (χ2n) is 4.72. The molecule has 4 nitrogen and oxygen atoms in total. The Morgan fingerprint density at radius 1 is 1.38 bits per heavy atom. The number of nitrogens with two attached hydrogens (primary N) is 1. The molecule has 0 atom stereocenters. The van der Waals surface area contributed by atoms with Crippen LogP contribution in [0.15, 0.2) is 12.4 Å². The predicted molar refractivity (Wildman–Crippen MR) is 65.1 cm³/mol. The van der Waals surface area contributed by atoms with Crippen LogP contribution in [0.3, 0.4) is 0 Å². The first kappa shape index (κ1) is 11.3. The zero-order valence-corrected chi connectivity index (χ0v) is 10.1. The standard InChI is InChI=1S/C12H20N4/c1-9(2)16(8-10-3-4-10)12-11(7-13)14-5-6-15-12/h5-6,9-10H,3-4,7-8,13H2,1-2H3. The van der Waals surface area contributed by atoms with Gasteiger partial charge in [0.05, 0.1) is 5.69 Å². The number of hydrogen-bond donors (Lipinski definition) is 1. The summed E-state index contributed by atoms with van der Waals surface area (Å²) in [5.41, 5.74) is 6.61. The highest BCUT2D eigenvalue weighted by Gasteiger charge is 2.27. The van der Waals surface area contributed by atoms with Crippen LogP contribution in [-0.4, -0.2) is 22.6 Å². The molecular formula is C12H20N4. The fraction of sp³-hybridized carbons (Fsp3) is 0.667. The molecular weight excluding hydrogens is 200 g/mol. The van der Waals surface area contributed by atoms with Crippen molar-refractivity contribution >= 4 is 5.82 Å². The summed E-state index contributed by atoms with van der Waals surface area (Å²) in [6, 6.07) is 0.447. The smallest absolute Gasteiger partial charge is 0.151 e. The van der Waals surface area contributed by atoms with Crippen LogP contribution in [0.4, 0.5) is 5.82 Å². The Hall–Kier alpha value is -1.16. The summed E-state index contributed by atoms with van der Waals surface area (Å²) in [5, 5.41) is 0. The first-order valence-electron chi connectivity index (χ1n) is 5.99. The van der Waals surface area contributed by atoms with Gasteiger partial charge >= 0.3 is 0 Å². The second-order valence-corrected chi connectivity index (χ2v) is 4.72. The van der Waals surface area contributed by atoms with Crippen LogP contribution in [0.1, 0.15) is 32.4 Å². The normalized spacial score (nSPS) is 15.5. The minimum atomic E-state index is 0.447.